The van der Waals surface area contributed by atoms with Crippen molar-refractivity contribution in [3.05, 3.63) is 65.7 Å². The quantitative estimate of drug-likeness (QED) is 0.437. The molecule has 0 bridgehead atoms. The Labute approximate surface area is 167 Å². The molecule has 0 N–H and O–H groups in total. The molecule has 2 aromatic carbocycles. The van der Waals surface area contributed by atoms with E-state index in [4.69, 9.17) is 9.57 Å². The summed E-state index contributed by atoms with van der Waals surface area (Å²) in [5, 5.41) is 3.78. The summed E-state index contributed by atoms with van der Waals surface area (Å²) >= 11 is 0. The maximum absolute atomic E-state index is 14.3. The third-order valence-electron chi connectivity index (χ3n) is 4.65. The lowest BCUT2D eigenvalue weighted by Gasteiger charge is -2.35. The van der Waals surface area contributed by atoms with Crippen LogP contribution >= 0.6 is 0 Å². The molecule has 3 nitrogen and oxygen atoms in total. The summed E-state index contributed by atoms with van der Waals surface area (Å²) in [5.41, 5.74) is -4.82. The van der Waals surface area contributed by atoms with Gasteiger partial charge >= 0.3 is 12.4 Å². The van der Waals surface area contributed by atoms with Crippen LogP contribution in [-0.4, -0.2) is 30.3 Å². The van der Waals surface area contributed by atoms with Gasteiger partial charge in [-0.1, -0.05) is 47.6 Å². The molecule has 0 saturated heterocycles. The molecule has 1 aliphatic heterocycles. The van der Waals surface area contributed by atoms with E-state index in [0.29, 0.717) is 5.56 Å². The first kappa shape index (κ1) is 21.9. The number of para-hydroxylation sites is 1. The van der Waals surface area contributed by atoms with Gasteiger partial charge in [0.1, 0.15) is 12.4 Å². The van der Waals surface area contributed by atoms with E-state index in [1.54, 1.807) is 36.4 Å². The molecule has 0 amide bonds. The first-order valence-corrected chi connectivity index (χ1v) is 8.81. The zero-order valence-corrected chi connectivity index (χ0v) is 15.3. The highest BCUT2D eigenvalue weighted by molar-refractivity contribution is 6.05. The third-order valence-corrected chi connectivity index (χ3v) is 4.65. The van der Waals surface area contributed by atoms with E-state index in [-0.39, 0.29) is 23.6 Å². The minimum absolute atomic E-state index is 0.0700. The Kier molecular flexibility index (Phi) is 5.96. The van der Waals surface area contributed by atoms with Crippen LogP contribution in [-0.2, 0) is 11.4 Å². The molecule has 10 heteroatoms. The van der Waals surface area contributed by atoms with Gasteiger partial charge in [0.2, 0.25) is 0 Å². The zero-order chi connectivity index (χ0) is 22.0. The van der Waals surface area contributed by atoms with E-state index >= 15 is 0 Å². The monoisotopic (exact) mass is 435 g/mol. The minimum atomic E-state index is -6.15. The highest BCUT2D eigenvalue weighted by Crippen LogP contribution is 2.50. The predicted octanol–water partition coefficient (Wildman–Crippen LogP) is 5.84. The van der Waals surface area contributed by atoms with E-state index < -0.39 is 37.0 Å². The first-order valence-electron chi connectivity index (χ1n) is 8.81. The lowest BCUT2D eigenvalue weighted by atomic mass is 9.84. The lowest BCUT2D eigenvalue weighted by Crippen LogP contribution is -2.55. The van der Waals surface area contributed by atoms with Crippen LogP contribution in [0.1, 0.15) is 17.5 Å². The van der Waals surface area contributed by atoms with Crippen molar-refractivity contribution in [1.29, 1.82) is 0 Å². The molecule has 30 heavy (non-hydrogen) atoms. The second-order valence-electron chi connectivity index (χ2n) is 6.74. The average molecular weight is 435 g/mol. The summed E-state index contributed by atoms with van der Waals surface area (Å²) < 4.78 is 97.9. The number of ether oxygens (including phenoxy) is 1. The van der Waals surface area contributed by atoms with E-state index in [1.165, 1.54) is 18.2 Å². The molecule has 0 aliphatic carbocycles. The van der Waals surface area contributed by atoms with Gasteiger partial charge in [0.25, 0.3) is 5.67 Å². The molecular weight excluding hydrogens is 419 g/mol. The Morgan fingerprint density at radius 1 is 0.867 bits per heavy atom. The van der Waals surface area contributed by atoms with E-state index in [0.717, 1.165) is 0 Å². The highest BCUT2D eigenvalue weighted by Gasteiger charge is 2.73. The normalized spacial score (nSPS) is 18.6. The van der Waals surface area contributed by atoms with Gasteiger partial charge in [-0.05, 0) is 17.7 Å². The predicted molar refractivity (Wildman–Crippen MR) is 93.8 cm³/mol. The number of halogens is 7. The number of hydrogen-bond donors (Lipinski definition) is 0. The van der Waals surface area contributed by atoms with Gasteiger partial charge in [-0.3, -0.25) is 0 Å². The summed E-state index contributed by atoms with van der Waals surface area (Å²) in [5.74, 6) is -1.43. The second kappa shape index (κ2) is 8.16. The van der Waals surface area contributed by atoms with Crippen LogP contribution < -0.4 is 4.74 Å². The van der Waals surface area contributed by atoms with Crippen molar-refractivity contribution in [2.45, 2.75) is 31.0 Å². The molecule has 3 rings (SSSR count). The highest BCUT2D eigenvalue weighted by atomic mass is 19.4. The number of benzene rings is 2. The summed E-state index contributed by atoms with van der Waals surface area (Å²) in [7, 11) is 0. The first-order chi connectivity index (χ1) is 14.0. The number of rotatable bonds is 5. The smallest absolute Gasteiger partial charge is 0.431 e. The fourth-order valence-corrected chi connectivity index (χ4v) is 3.05. The van der Waals surface area contributed by atoms with Crippen molar-refractivity contribution in [1.82, 2.24) is 0 Å². The van der Waals surface area contributed by atoms with Crippen molar-refractivity contribution in [3.8, 4) is 5.75 Å². The minimum Gasteiger partial charge on any atom is -0.492 e. The molecule has 1 atom stereocenters. The number of oxime groups is 1. The lowest BCUT2D eigenvalue weighted by molar-refractivity contribution is -0.345. The Morgan fingerprint density at radius 2 is 1.47 bits per heavy atom. The Morgan fingerprint density at radius 3 is 2.10 bits per heavy atom. The third kappa shape index (κ3) is 4.36. The molecule has 1 unspecified atom stereocenters. The number of hydrogen-bond acceptors (Lipinski definition) is 3. The maximum Gasteiger partial charge on any atom is 0.431 e. The van der Waals surface area contributed by atoms with E-state index in [9.17, 15) is 30.7 Å². The van der Waals surface area contributed by atoms with Crippen LogP contribution in [0.5, 0.6) is 5.75 Å². The van der Waals surface area contributed by atoms with Crippen LogP contribution in [0.15, 0.2) is 59.8 Å². The van der Waals surface area contributed by atoms with Gasteiger partial charge in [-0.25, -0.2) is 4.39 Å². The Balaban J connectivity index is 1.93. The zero-order valence-electron chi connectivity index (χ0n) is 15.3. The number of fused-ring (bicyclic) bond motifs is 1. The molecule has 162 valence electrons. The SMILES string of the molecule is FC(F)(F)C(F)(CC1COc2ccccc2/C1=N/OCc1ccccc1)C(F)(F)F. The largest absolute Gasteiger partial charge is 0.492 e. The van der Waals surface area contributed by atoms with Gasteiger partial charge in [0, 0.05) is 17.9 Å². The molecule has 0 aromatic heterocycles. The topological polar surface area (TPSA) is 30.8 Å². The fraction of sp³-hybridized carbons (Fsp3) is 0.350. The van der Waals surface area contributed by atoms with Crippen LogP contribution in [0.4, 0.5) is 30.7 Å². The van der Waals surface area contributed by atoms with E-state index in [2.05, 4.69) is 5.16 Å². The molecule has 0 saturated carbocycles. The van der Waals surface area contributed by atoms with Gasteiger partial charge < -0.3 is 9.57 Å². The van der Waals surface area contributed by atoms with Crippen molar-refractivity contribution in [3.63, 3.8) is 0 Å². The second-order valence-corrected chi connectivity index (χ2v) is 6.74. The van der Waals surface area contributed by atoms with Crippen LogP contribution in [0.2, 0.25) is 0 Å². The molecule has 1 heterocycles. The molecular formula is C20H16F7NO2. The Bertz CT molecular complexity index is 880. The van der Waals surface area contributed by atoms with E-state index in [1.807, 2.05) is 0 Å². The molecule has 2 aromatic rings. The van der Waals surface area contributed by atoms with Crippen molar-refractivity contribution in [2.24, 2.45) is 11.1 Å². The number of nitrogens with zero attached hydrogens (tertiary/aromatic N) is 1. The summed E-state index contributed by atoms with van der Waals surface area (Å²) in [6, 6.07) is 14.6. The average Bonchev–Trinajstić information content (AvgIpc) is 2.68. The summed E-state index contributed by atoms with van der Waals surface area (Å²) in [4.78, 5) is 5.18. The van der Waals surface area contributed by atoms with Crippen LogP contribution in [0, 0.1) is 5.92 Å². The molecule has 0 spiro atoms. The Hall–Kier alpha value is -2.78. The van der Waals surface area contributed by atoms with Gasteiger partial charge in [0.15, 0.2) is 0 Å². The molecule has 0 fully saturated rings. The van der Waals surface area contributed by atoms with Crippen LogP contribution in [0.3, 0.4) is 0 Å². The fourth-order valence-electron chi connectivity index (χ4n) is 3.05. The van der Waals surface area contributed by atoms with Crippen molar-refractivity contribution < 1.29 is 40.3 Å². The van der Waals surface area contributed by atoms with Gasteiger partial charge in [-0.2, -0.15) is 26.3 Å². The number of alkyl halides is 7. The van der Waals surface area contributed by atoms with Crippen molar-refractivity contribution in [2.75, 3.05) is 6.61 Å². The standard InChI is InChI=1S/C20H16F7NO2/c21-18(19(22,23)24,20(25,26)27)10-14-12-29-16-9-5-4-8-15(16)17(14)28-30-11-13-6-2-1-3-7-13/h1-9,14H,10-12H2/b28-17+. The van der Waals surface area contributed by atoms with Gasteiger partial charge in [-0.15, -0.1) is 0 Å². The van der Waals surface area contributed by atoms with Gasteiger partial charge in [0.05, 0.1) is 12.3 Å². The van der Waals surface area contributed by atoms with Crippen molar-refractivity contribution >= 4 is 5.71 Å². The molecule has 1 aliphatic rings. The summed E-state index contributed by atoms with van der Waals surface area (Å²) in [6.07, 6.45) is -14.2. The summed E-state index contributed by atoms with van der Waals surface area (Å²) in [6.45, 7) is -0.679. The molecule has 0 radical (unpaired) electrons. The maximum atomic E-state index is 14.3. The van der Waals surface area contributed by atoms with Crippen LogP contribution in [0.25, 0.3) is 0 Å².